The van der Waals surface area contributed by atoms with E-state index in [1.165, 1.54) is 4.31 Å². The molecule has 0 spiro atoms. The molecular formula is C18H24BrN5O2S. The first-order valence-electron chi connectivity index (χ1n) is 9.05. The van der Waals surface area contributed by atoms with Gasteiger partial charge < -0.3 is 9.80 Å². The van der Waals surface area contributed by atoms with Gasteiger partial charge in [0.15, 0.2) is 11.6 Å². The van der Waals surface area contributed by atoms with E-state index in [4.69, 9.17) is 0 Å². The average Bonchev–Trinajstić information content (AvgIpc) is 2.70. The highest BCUT2D eigenvalue weighted by Crippen LogP contribution is 2.22. The van der Waals surface area contributed by atoms with E-state index in [0.29, 0.717) is 31.1 Å². The third kappa shape index (κ3) is 4.41. The molecule has 0 saturated carbocycles. The monoisotopic (exact) mass is 453 g/mol. The molecule has 0 amide bonds. The van der Waals surface area contributed by atoms with Crippen LogP contribution in [-0.2, 0) is 10.0 Å². The Kier molecular flexibility index (Phi) is 6.33. The highest BCUT2D eigenvalue weighted by Gasteiger charge is 2.29. The Bertz CT molecular complexity index is 846. The molecule has 3 rings (SSSR count). The van der Waals surface area contributed by atoms with E-state index in [1.807, 2.05) is 12.1 Å². The predicted molar refractivity (Wildman–Crippen MR) is 111 cm³/mol. The molecule has 0 N–H and O–H groups in total. The van der Waals surface area contributed by atoms with Crippen molar-refractivity contribution in [1.29, 1.82) is 0 Å². The molecule has 1 saturated heterocycles. The fraction of sp³-hybridized carbons (Fsp3) is 0.444. The third-order valence-corrected chi connectivity index (χ3v) is 7.18. The van der Waals surface area contributed by atoms with Crippen LogP contribution in [0.3, 0.4) is 0 Å². The number of hydrogen-bond acceptors (Lipinski definition) is 6. The molecule has 0 radical (unpaired) electrons. The summed E-state index contributed by atoms with van der Waals surface area (Å²) in [6, 6.07) is 10.7. The van der Waals surface area contributed by atoms with Gasteiger partial charge in [-0.1, -0.05) is 15.9 Å². The van der Waals surface area contributed by atoms with Crippen molar-refractivity contribution in [3.63, 3.8) is 0 Å². The van der Waals surface area contributed by atoms with E-state index < -0.39 is 10.0 Å². The first-order chi connectivity index (χ1) is 13.0. The van der Waals surface area contributed by atoms with Gasteiger partial charge in [0.2, 0.25) is 10.0 Å². The zero-order chi connectivity index (χ0) is 19.4. The number of piperazine rings is 1. The van der Waals surface area contributed by atoms with E-state index in [-0.39, 0.29) is 0 Å². The number of benzene rings is 1. The number of aromatic nitrogens is 2. The maximum absolute atomic E-state index is 12.8. The molecule has 1 aliphatic heterocycles. The third-order valence-electron chi connectivity index (χ3n) is 4.74. The number of halogens is 1. The summed E-state index contributed by atoms with van der Waals surface area (Å²) in [5.41, 5.74) is 0. The lowest BCUT2D eigenvalue weighted by atomic mass is 10.3. The minimum atomic E-state index is -3.47. The van der Waals surface area contributed by atoms with Gasteiger partial charge >= 0.3 is 0 Å². The second kappa shape index (κ2) is 8.53. The first-order valence-corrected chi connectivity index (χ1v) is 11.3. The second-order valence-corrected chi connectivity index (χ2v) is 9.12. The summed E-state index contributed by atoms with van der Waals surface area (Å²) >= 11 is 3.33. The van der Waals surface area contributed by atoms with Crippen LogP contribution in [0.4, 0.5) is 11.6 Å². The van der Waals surface area contributed by atoms with Crippen molar-refractivity contribution in [1.82, 2.24) is 14.5 Å². The standard InChI is InChI=1S/C18H24BrN5O2S/c1-3-22(4-2)17-9-10-18(21-20-17)23-11-13-24(14-12-23)27(25,26)16-7-5-15(19)6-8-16/h5-10H,3-4,11-14H2,1-2H3. The van der Waals surface area contributed by atoms with Crippen LogP contribution in [0, 0.1) is 0 Å². The Morgan fingerprint density at radius 3 is 2.11 bits per heavy atom. The Morgan fingerprint density at radius 2 is 1.59 bits per heavy atom. The number of rotatable bonds is 6. The SMILES string of the molecule is CCN(CC)c1ccc(N2CCN(S(=O)(=O)c3ccc(Br)cc3)CC2)nn1. The van der Waals surface area contributed by atoms with Crippen molar-refractivity contribution in [2.45, 2.75) is 18.7 Å². The topological polar surface area (TPSA) is 69.6 Å². The second-order valence-electron chi connectivity index (χ2n) is 6.27. The Labute approximate surface area is 169 Å². The molecule has 0 aliphatic carbocycles. The van der Waals surface area contributed by atoms with Crippen LogP contribution in [0.25, 0.3) is 0 Å². The van der Waals surface area contributed by atoms with E-state index in [2.05, 4.69) is 49.8 Å². The normalized spacial score (nSPS) is 15.7. The highest BCUT2D eigenvalue weighted by atomic mass is 79.9. The highest BCUT2D eigenvalue weighted by molar-refractivity contribution is 9.10. The van der Waals surface area contributed by atoms with Gasteiger partial charge in [0.05, 0.1) is 4.90 Å². The van der Waals surface area contributed by atoms with E-state index in [0.717, 1.165) is 29.2 Å². The molecule has 0 bridgehead atoms. The molecule has 0 unspecified atom stereocenters. The molecule has 27 heavy (non-hydrogen) atoms. The zero-order valence-electron chi connectivity index (χ0n) is 15.5. The van der Waals surface area contributed by atoms with Gasteiger partial charge in [-0.3, -0.25) is 0 Å². The number of hydrogen-bond donors (Lipinski definition) is 0. The maximum atomic E-state index is 12.8. The summed E-state index contributed by atoms with van der Waals surface area (Å²) in [6.07, 6.45) is 0. The lowest BCUT2D eigenvalue weighted by Crippen LogP contribution is -2.49. The summed E-state index contributed by atoms with van der Waals surface area (Å²) in [6.45, 7) is 7.99. The van der Waals surface area contributed by atoms with E-state index in [1.54, 1.807) is 24.3 Å². The number of anilines is 2. The molecule has 146 valence electrons. The van der Waals surface area contributed by atoms with Crippen molar-refractivity contribution in [3.8, 4) is 0 Å². The lowest BCUT2D eigenvalue weighted by Gasteiger charge is -2.34. The summed E-state index contributed by atoms with van der Waals surface area (Å²) in [7, 11) is -3.47. The van der Waals surface area contributed by atoms with Crippen molar-refractivity contribution in [2.75, 3.05) is 49.1 Å². The summed E-state index contributed by atoms with van der Waals surface area (Å²) in [4.78, 5) is 4.54. The molecule has 9 heteroatoms. The Balaban J connectivity index is 1.65. The van der Waals surface area contributed by atoms with Gasteiger partial charge in [0.1, 0.15) is 0 Å². The average molecular weight is 454 g/mol. The summed E-state index contributed by atoms with van der Waals surface area (Å²) in [5, 5.41) is 8.65. The van der Waals surface area contributed by atoms with Crippen LogP contribution >= 0.6 is 15.9 Å². The minimum Gasteiger partial charge on any atom is -0.356 e. The summed E-state index contributed by atoms with van der Waals surface area (Å²) < 4.78 is 28.0. The molecule has 7 nitrogen and oxygen atoms in total. The molecule has 1 aromatic carbocycles. The van der Waals surface area contributed by atoms with Crippen LogP contribution in [0.1, 0.15) is 13.8 Å². The zero-order valence-corrected chi connectivity index (χ0v) is 17.9. The molecule has 1 fully saturated rings. The quantitative estimate of drug-likeness (QED) is 0.669. The van der Waals surface area contributed by atoms with Crippen molar-refractivity contribution >= 4 is 37.6 Å². The van der Waals surface area contributed by atoms with Gasteiger partial charge in [-0.15, -0.1) is 10.2 Å². The largest absolute Gasteiger partial charge is 0.356 e. The Morgan fingerprint density at radius 1 is 0.963 bits per heavy atom. The Hall–Kier alpha value is -1.71. The fourth-order valence-corrected chi connectivity index (χ4v) is 4.80. The first kappa shape index (κ1) is 20.0. The van der Waals surface area contributed by atoms with Crippen LogP contribution in [0.2, 0.25) is 0 Å². The van der Waals surface area contributed by atoms with Crippen molar-refractivity contribution in [2.24, 2.45) is 0 Å². The van der Waals surface area contributed by atoms with Crippen LogP contribution in [-0.4, -0.2) is 62.2 Å². The molecule has 2 heterocycles. The predicted octanol–water partition coefficient (Wildman–Crippen LogP) is 2.60. The summed E-state index contributed by atoms with van der Waals surface area (Å²) in [5.74, 6) is 1.65. The van der Waals surface area contributed by atoms with Gasteiger partial charge in [0, 0.05) is 43.7 Å². The molecule has 1 aromatic heterocycles. The smallest absolute Gasteiger partial charge is 0.243 e. The maximum Gasteiger partial charge on any atom is 0.243 e. The van der Waals surface area contributed by atoms with Gasteiger partial charge in [-0.25, -0.2) is 8.42 Å². The fourth-order valence-electron chi connectivity index (χ4n) is 3.12. The van der Waals surface area contributed by atoms with Crippen molar-refractivity contribution in [3.05, 3.63) is 40.9 Å². The number of nitrogens with zero attached hydrogens (tertiary/aromatic N) is 5. The van der Waals surface area contributed by atoms with Crippen LogP contribution < -0.4 is 9.80 Å². The van der Waals surface area contributed by atoms with Crippen LogP contribution in [0.15, 0.2) is 45.8 Å². The van der Waals surface area contributed by atoms with Gasteiger partial charge in [0.25, 0.3) is 0 Å². The lowest BCUT2D eigenvalue weighted by molar-refractivity contribution is 0.383. The van der Waals surface area contributed by atoms with Crippen molar-refractivity contribution < 1.29 is 8.42 Å². The molecular weight excluding hydrogens is 430 g/mol. The van der Waals surface area contributed by atoms with Gasteiger partial charge in [-0.2, -0.15) is 4.31 Å². The molecule has 2 aromatic rings. The molecule has 0 atom stereocenters. The van der Waals surface area contributed by atoms with E-state index in [9.17, 15) is 8.42 Å². The van der Waals surface area contributed by atoms with E-state index >= 15 is 0 Å². The molecule has 1 aliphatic rings. The van der Waals surface area contributed by atoms with Gasteiger partial charge in [-0.05, 0) is 50.2 Å². The van der Waals surface area contributed by atoms with Crippen LogP contribution in [0.5, 0.6) is 0 Å². The minimum absolute atomic E-state index is 0.322. The number of sulfonamides is 1.